The van der Waals surface area contributed by atoms with Crippen LogP contribution in [0.3, 0.4) is 0 Å². The maximum absolute atomic E-state index is 4.36. The van der Waals surface area contributed by atoms with Gasteiger partial charge in [0.2, 0.25) is 0 Å². The first-order chi connectivity index (χ1) is 3.39. The zero-order valence-corrected chi connectivity index (χ0v) is 9.58. The smallest absolute Gasteiger partial charge is 0.00168 e. The van der Waals surface area contributed by atoms with E-state index in [0.29, 0.717) is 0 Å². The van der Waals surface area contributed by atoms with Crippen molar-refractivity contribution < 1.29 is 0 Å². The van der Waals surface area contributed by atoms with Crippen LogP contribution in [0.4, 0.5) is 0 Å². The Kier molecular flexibility index (Phi) is 7.17. The van der Waals surface area contributed by atoms with Gasteiger partial charge in [-0.15, -0.1) is 0 Å². The zero-order valence-electron chi connectivity index (χ0n) is 5.56. The van der Waals surface area contributed by atoms with Crippen LogP contribution in [-0.2, 0) is 0 Å². The maximum atomic E-state index is 4.36. The molecule has 2 heteroatoms. The van der Waals surface area contributed by atoms with Crippen molar-refractivity contribution in [1.82, 2.24) is 0 Å². The summed E-state index contributed by atoms with van der Waals surface area (Å²) in [4.78, 5) is 0. The Morgan fingerprint density at radius 1 is 1.00 bits per heavy atom. The van der Waals surface area contributed by atoms with E-state index in [1.54, 1.807) is 0 Å². The Balaban J connectivity index is 0.000000490. The van der Waals surface area contributed by atoms with Crippen molar-refractivity contribution in [2.45, 2.75) is 37.4 Å². The molecule has 0 heterocycles. The molecule has 0 aliphatic heterocycles. The molecule has 0 aromatic rings. The molecule has 1 aliphatic rings. The van der Waals surface area contributed by atoms with Gasteiger partial charge in [-0.2, -0.15) is 12.6 Å². The molecule has 1 fully saturated rings. The standard InChI is InChI=1S/C6H12S.K/c7-6-4-2-1-3-5-6;/h6-7H,1-5H2;. The van der Waals surface area contributed by atoms with Crippen LogP contribution in [0.15, 0.2) is 0 Å². The average molecular weight is 155 g/mol. The Labute approximate surface area is 99.6 Å². The van der Waals surface area contributed by atoms with Crippen LogP contribution in [0, 0.1) is 0 Å². The largest absolute Gasteiger partial charge is 0.176 e. The third kappa shape index (κ3) is 3.91. The van der Waals surface area contributed by atoms with Gasteiger partial charge < -0.3 is 0 Å². The molecule has 0 aromatic heterocycles. The molecule has 0 nitrogen and oxygen atoms in total. The van der Waals surface area contributed by atoms with Crippen LogP contribution in [0.2, 0.25) is 0 Å². The summed E-state index contributed by atoms with van der Waals surface area (Å²) in [6.45, 7) is 0. The van der Waals surface area contributed by atoms with Crippen molar-refractivity contribution in [2.75, 3.05) is 0 Å². The summed E-state index contributed by atoms with van der Waals surface area (Å²) in [7, 11) is 0. The number of rotatable bonds is 0. The number of hydrogen-bond acceptors (Lipinski definition) is 1. The molecule has 43 valence electrons. The quantitative estimate of drug-likeness (QED) is 0.401. The van der Waals surface area contributed by atoms with E-state index in [1.807, 2.05) is 0 Å². The molecule has 8 heavy (non-hydrogen) atoms. The van der Waals surface area contributed by atoms with Crippen LogP contribution in [-0.4, -0.2) is 56.6 Å². The number of hydrogen-bond donors (Lipinski definition) is 1. The van der Waals surface area contributed by atoms with Crippen molar-refractivity contribution in [3.63, 3.8) is 0 Å². The Bertz CT molecular complexity index is 50.5. The SMILES string of the molecule is SC1CCCCC1.[K]. The minimum atomic E-state index is 0. The molecule has 0 unspecified atom stereocenters. The molecule has 0 N–H and O–H groups in total. The first-order valence-corrected chi connectivity index (χ1v) is 3.59. The Morgan fingerprint density at radius 2 is 1.50 bits per heavy atom. The summed E-state index contributed by atoms with van der Waals surface area (Å²) in [5.74, 6) is 0. The van der Waals surface area contributed by atoms with Crippen LogP contribution in [0.1, 0.15) is 32.1 Å². The van der Waals surface area contributed by atoms with E-state index >= 15 is 0 Å². The van der Waals surface area contributed by atoms with Crippen molar-refractivity contribution in [3.05, 3.63) is 0 Å². The van der Waals surface area contributed by atoms with E-state index in [1.165, 1.54) is 32.1 Å². The van der Waals surface area contributed by atoms with E-state index in [-0.39, 0.29) is 51.4 Å². The predicted octanol–water partition coefficient (Wildman–Crippen LogP) is 1.87. The molecule has 1 radical (unpaired) electrons. The summed E-state index contributed by atoms with van der Waals surface area (Å²) < 4.78 is 0. The predicted molar refractivity (Wildman–Crippen MR) is 41.6 cm³/mol. The fourth-order valence-electron chi connectivity index (χ4n) is 1.08. The number of thiol groups is 1. The zero-order chi connectivity index (χ0) is 5.11. The van der Waals surface area contributed by atoms with Crippen molar-refractivity contribution in [2.24, 2.45) is 0 Å². The van der Waals surface area contributed by atoms with Crippen LogP contribution < -0.4 is 0 Å². The summed E-state index contributed by atoms with van der Waals surface area (Å²) in [5, 5.41) is 0.730. The van der Waals surface area contributed by atoms with Gasteiger partial charge in [0.1, 0.15) is 0 Å². The summed E-state index contributed by atoms with van der Waals surface area (Å²) in [6, 6.07) is 0. The molecule has 1 saturated carbocycles. The normalized spacial score (nSPS) is 22.1. The van der Waals surface area contributed by atoms with E-state index in [9.17, 15) is 0 Å². The van der Waals surface area contributed by atoms with Gasteiger partial charge in [-0.3, -0.25) is 0 Å². The molecule has 0 saturated heterocycles. The Hall–Kier alpha value is 1.99. The third-order valence-electron chi connectivity index (χ3n) is 1.57. The summed E-state index contributed by atoms with van der Waals surface area (Å²) >= 11 is 4.36. The third-order valence-corrected chi connectivity index (χ3v) is 2.09. The van der Waals surface area contributed by atoms with E-state index < -0.39 is 0 Å². The van der Waals surface area contributed by atoms with Gasteiger partial charge in [-0.05, 0) is 12.8 Å². The van der Waals surface area contributed by atoms with E-state index in [2.05, 4.69) is 12.6 Å². The fraction of sp³-hybridized carbons (Fsp3) is 1.00. The molecule has 1 rings (SSSR count). The molecule has 0 atom stereocenters. The van der Waals surface area contributed by atoms with Crippen molar-refractivity contribution in [1.29, 1.82) is 0 Å². The monoisotopic (exact) mass is 155 g/mol. The summed E-state index contributed by atoms with van der Waals surface area (Å²) in [5.41, 5.74) is 0. The summed E-state index contributed by atoms with van der Waals surface area (Å²) in [6.07, 6.45) is 6.96. The second-order valence-electron chi connectivity index (χ2n) is 2.29. The second-order valence-corrected chi connectivity index (χ2v) is 3.02. The van der Waals surface area contributed by atoms with E-state index in [4.69, 9.17) is 0 Å². The van der Waals surface area contributed by atoms with Crippen LogP contribution in [0.25, 0.3) is 0 Å². The van der Waals surface area contributed by atoms with Crippen LogP contribution >= 0.6 is 12.6 Å². The van der Waals surface area contributed by atoms with Crippen molar-refractivity contribution in [3.8, 4) is 0 Å². The molecule has 0 aromatic carbocycles. The van der Waals surface area contributed by atoms with Gasteiger partial charge in [0.25, 0.3) is 0 Å². The van der Waals surface area contributed by atoms with Gasteiger partial charge in [-0.1, -0.05) is 19.3 Å². The molecular weight excluding hydrogens is 143 g/mol. The van der Waals surface area contributed by atoms with Gasteiger partial charge in [0.05, 0.1) is 0 Å². The minimum Gasteiger partial charge on any atom is -0.176 e. The van der Waals surface area contributed by atoms with E-state index in [0.717, 1.165) is 5.25 Å². The second kappa shape index (κ2) is 5.75. The first kappa shape index (κ1) is 9.99. The molecule has 0 spiro atoms. The first-order valence-electron chi connectivity index (χ1n) is 3.07. The molecule has 0 bridgehead atoms. The topological polar surface area (TPSA) is 0 Å². The fourth-order valence-corrected chi connectivity index (χ4v) is 1.45. The van der Waals surface area contributed by atoms with Gasteiger partial charge >= 0.3 is 0 Å². The van der Waals surface area contributed by atoms with Gasteiger partial charge in [0, 0.05) is 56.6 Å². The average Bonchev–Trinajstić information content (AvgIpc) is 1.69. The molecule has 1 aliphatic carbocycles. The Morgan fingerprint density at radius 3 is 1.75 bits per heavy atom. The van der Waals surface area contributed by atoms with Crippen molar-refractivity contribution >= 4 is 64.0 Å². The van der Waals surface area contributed by atoms with Gasteiger partial charge in [0.15, 0.2) is 0 Å². The maximum Gasteiger partial charge on any atom is 0.00168 e. The van der Waals surface area contributed by atoms with Crippen LogP contribution in [0.5, 0.6) is 0 Å². The molecule has 0 amide bonds. The molecular formula is C6H12KS. The van der Waals surface area contributed by atoms with Gasteiger partial charge in [-0.25, -0.2) is 0 Å². The minimum absolute atomic E-state index is 0.